The van der Waals surface area contributed by atoms with E-state index in [1.165, 1.54) is 0 Å². The molecule has 0 heterocycles. The fourth-order valence-corrected chi connectivity index (χ4v) is 0. The van der Waals surface area contributed by atoms with Gasteiger partial charge < -0.3 is 43.1 Å². The Morgan fingerprint density at radius 2 is 0.529 bits per heavy atom. The zero-order valence-electron chi connectivity index (χ0n) is 7.15. The Bertz CT molecular complexity index is 216. The summed E-state index contributed by atoms with van der Waals surface area (Å²) >= 11 is 0. The molecule has 0 aliphatic heterocycles. The van der Waals surface area contributed by atoms with E-state index in [0.29, 0.717) is 0 Å². The summed E-state index contributed by atoms with van der Waals surface area (Å²) in [6, 6.07) is 0. The fraction of sp³-hybridized carbons (Fsp3) is 0. The number of hydrogen-bond donors (Lipinski definition) is 0. The molecule has 0 saturated carbocycles. The summed E-state index contributed by atoms with van der Waals surface area (Å²) in [7, 11) is -16.9. The monoisotopic (exact) mass is 578 g/mol. The van der Waals surface area contributed by atoms with Gasteiger partial charge in [0.2, 0.25) is 0 Å². The minimum atomic E-state index is -5.64. The molecule has 9 nitrogen and oxygen atoms in total. The molecule has 0 N–H and O–H groups in total. The van der Waals surface area contributed by atoms with Crippen molar-refractivity contribution in [3.63, 3.8) is 0 Å². The Labute approximate surface area is 158 Å². The molecule has 0 aromatic carbocycles. The Balaban J connectivity index is -0.0000000400. The van der Waals surface area contributed by atoms with Gasteiger partial charge in [-0.3, -0.25) is 0 Å². The molecule has 0 aliphatic carbocycles. The van der Waals surface area contributed by atoms with E-state index in [-0.39, 0.29) is 81.7 Å². The molecular weight excluding hydrogens is 582 g/mol. The first-order valence-electron chi connectivity index (χ1n) is 2.15. The van der Waals surface area contributed by atoms with Crippen molar-refractivity contribution < 1.29 is 137 Å². The predicted molar refractivity (Wildman–Crippen MR) is 26.1 cm³/mol. The van der Waals surface area contributed by atoms with Crippen molar-refractivity contribution in [1.29, 1.82) is 0 Å². The van der Waals surface area contributed by atoms with Crippen LogP contribution in [0.3, 0.4) is 0 Å². The molecule has 0 rings (SSSR count). The van der Waals surface area contributed by atoms with E-state index in [1.54, 1.807) is 0 Å². The van der Waals surface area contributed by atoms with Crippen LogP contribution in [-0.2, 0) is 13.7 Å². The van der Waals surface area contributed by atoms with Crippen molar-refractivity contribution >= 4 is 23.7 Å². The maximum atomic E-state index is 10.1. The molecule has 0 fully saturated rings. The summed E-state index contributed by atoms with van der Waals surface area (Å²) < 4.78 is 55.7. The van der Waals surface area contributed by atoms with E-state index >= 15 is 0 Å². The van der Waals surface area contributed by atoms with Crippen LogP contribution >= 0.6 is 23.7 Å². The minimum Gasteiger partial charge on any atom is -0.786 e. The summed E-state index contributed by atoms with van der Waals surface area (Å²) in [6.45, 7) is 0. The van der Waals surface area contributed by atoms with Gasteiger partial charge in [-0.1, -0.05) is 0 Å². The SMILES string of the molecule is O=P([O-])([O-])F.O=P([O-])([O-])F.O=P([O-])([O-])F.[Nd+3].[Nd+3]. The molecule has 0 bridgehead atoms. The first-order chi connectivity index (χ1) is 6.00. The third-order valence-corrected chi connectivity index (χ3v) is 0. The van der Waals surface area contributed by atoms with Gasteiger partial charge in [0.15, 0.2) is 0 Å². The standard InChI is InChI=1S/3FH2O3P.2Nd/c3*1-5(2,3)4;;/h3*(H2,2,3,4);;/q;;;2*+3/p-6. The molecule has 0 amide bonds. The fourth-order valence-electron chi connectivity index (χ4n) is 0. The maximum Gasteiger partial charge on any atom is 3.00 e. The van der Waals surface area contributed by atoms with E-state index in [1.807, 2.05) is 0 Å². The van der Waals surface area contributed by atoms with Gasteiger partial charge >= 0.3 is 81.7 Å². The predicted octanol–water partition coefficient (Wildman–Crippen LogP) is -3.65. The maximum absolute atomic E-state index is 10.1. The van der Waals surface area contributed by atoms with Crippen molar-refractivity contribution in [3.05, 3.63) is 0 Å². The van der Waals surface area contributed by atoms with Gasteiger partial charge in [-0.05, 0) is 0 Å². The van der Waals surface area contributed by atoms with Gasteiger partial charge in [0.25, 0.3) is 0 Å². The van der Waals surface area contributed by atoms with E-state index in [4.69, 9.17) is 43.1 Å². The smallest absolute Gasteiger partial charge is 0.786 e. The van der Waals surface area contributed by atoms with E-state index in [2.05, 4.69) is 0 Å². The van der Waals surface area contributed by atoms with Crippen molar-refractivity contribution in [2.75, 3.05) is 0 Å². The second-order valence-corrected chi connectivity index (χ2v) is 3.88. The van der Waals surface area contributed by atoms with Gasteiger partial charge in [0, 0.05) is 0 Å². The van der Waals surface area contributed by atoms with Gasteiger partial charge in [0.1, 0.15) is 23.7 Å². The van der Waals surface area contributed by atoms with Crippen LogP contribution in [0.1, 0.15) is 0 Å². The van der Waals surface area contributed by atoms with E-state index < -0.39 is 23.7 Å². The van der Waals surface area contributed by atoms with Crippen molar-refractivity contribution in [3.8, 4) is 0 Å². The average Bonchev–Trinajstić information content (AvgIpc) is 1.41. The summed E-state index contributed by atoms with van der Waals surface area (Å²) in [6.07, 6.45) is 0. The van der Waals surface area contributed by atoms with Crippen LogP contribution < -0.4 is 29.4 Å². The molecular formula is F3Nd2O9P3. The quantitative estimate of drug-likeness (QED) is 0.259. The van der Waals surface area contributed by atoms with Crippen molar-refractivity contribution in [2.24, 2.45) is 0 Å². The summed E-state index contributed by atoms with van der Waals surface area (Å²) in [5, 5.41) is 0. The van der Waals surface area contributed by atoms with Crippen molar-refractivity contribution in [2.45, 2.75) is 0 Å². The Morgan fingerprint density at radius 1 is 0.529 bits per heavy atom. The molecule has 17 heavy (non-hydrogen) atoms. The van der Waals surface area contributed by atoms with Crippen LogP contribution in [0, 0.1) is 81.7 Å². The molecule has 0 unspecified atom stereocenters. The zero-order valence-corrected chi connectivity index (χ0v) is 16.2. The zero-order chi connectivity index (χ0) is 13.5. The van der Waals surface area contributed by atoms with Crippen molar-refractivity contribution in [1.82, 2.24) is 0 Å². The number of hydrogen-bond acceptors (Lipinski definition) is 9. The second-order valence-electron chi connectivity index (χ2n) is 1.29. The molecule has 0 atom stereocenters. The van der Waals surface area contributed by atoms with Crippen LogP contribution in [0.2, 0.25) is 0 Å². The largest absolute Gasteiger partial charge is 3.00 e. The molecule has 0 aromatic rings. The summed E-state index contributed by atoms with van der Waals surface area (Å²) in [4.78, 5) is 50.6. The Morgan fingerprint density at radius 3 is 0.529 bits per heavy atom. The summed E-state index contributed by atoms with van der Waals surface area (Å²) in [5.74, 6) is 0. The van der Waals surface area contributed by atoms with E-state index in [9.17, 15) is 12.6 Å². The average molecular weight is 582 g/mol. The molecule has 2 radical (unpaired) electrons. The minimum absolute atomic E-state index is 0. The van der Waals surface area contributed by atoms with Crippen LogP contribution in [0.15, 0.2) is 0 Å². The van der Waals surface area contributed by atoms with Crippen LogP contribution in [0.25, 0.3) is 0 Å². The first-order valence-corrected chi connectivity index (χ1v) is 6.45. The second kappa shape index (κ2) is 13.9. The van der Waals surface area contributed by atoms with Gasteiger partial charge in [-0.15, -0.1) is 0 Å². The molecule has 0 spiro atoms. The first kappa shape index (κ1) is 32.0. The Kier molecular flexibility index (Phi) is 26.2. The van der Waals surface area contributed by atoms with Crippen LogP contribution in [-0.4, -0.2) is 0 Å². The van der Waals surface area contributed by atoms with Crippen LogP contribution in [0.4, 0.5) is 12.6 Å². The van der Waals surface area contributed by atoms with Gasteiger partial charge in [0.05, 0.1) is 0 Å². The van der Waals surface area contributed by atoms with Gasteiger partial charge in [-0.2, -0.15) is 0 Å². The number of rotatable bonds is 0. The number of halogens is 3. The third kappa shape index (κ3) is 628. The topological polar surface area (TPSA) is 190 Å². The van der Waals surface area contributed by atoms with Gasteiger partial charge in [-0.25, -0.2) is 12.6 Å². The third-order valence-electron chi connectivity index (χ3n) is 0. The molecule has 0 aliphatic rings. The normalized spacial score (nSPS) is 10.4. The summed E-state index contributed by atoms with van der Waals surface area (Å²) in [5.41, 5.74) is 0. The Hall–Kier alpha value is 2.94. The molecule has 17 heteroatoms. The van der Waals surface area contributed by atoms with Crippen LogP contribution in [0.5, 0.6) is 0 Å². The molecule has 0 saturated heterocycles. The van der Waals surface area contributed by atoms with E-state index in [0.717, 1.165) is 0 Å². The molecule has 0 aromatic heterocycles. The molecule has 98 valence electrons.